The highest BCUT2D eigenvalue weighted by atomic mass is 79.9. The number of alkyl halides is 1. The molecule has 2 amide bonds. The van der Waals surface area contributed by atoms with Crippen LogP contribution in [0.4, 0.5) is 4.79 Å². The second-order valence-corrected chi connectivity index (χ2v) is 5.03. The fourth-order valence-corrected chi connectivity index (χ4v) is 2.47. The standard InChI is InChI=1S/C13H17BrN2O/c14-8-9-15-13(17)16-12-7-3-5-10-4-1-2-6-11(10)12/h1-2,4,6,12H,3,5,7-9H2,(H2,15,16,17). The highest BCUT2D eigenvalue weighted by molar-refractivity contribution is 9.09. The van der Waals surface area contributed by atoms with Crippen LogP contribution < -0.4 is 10.6 Å². The van der Waals surface area contributed by atoms with Crippen LogP contribution in [-0.2, 0) is 6.42 Å². The maximum absolute atomic E-state index is 11.6. The molecule has 1 aliphatic carbocycles. The number of carbonyl (C=O) groups is 1. The molecule has 0 saturated carbocycles. The van der Waals surface area contributed by atoms with Gasteiger partial charge in [0.05, 0.1) is 6.04 Å². The van der Waals surface area contributed by atoms with Crippen molar-refractivity contribution in [1.29, 1.82) is 0 Å². The van der Waals surface area contributed by atoms with Gasteiger partial charge in [0, 0.05) is 11.9 Å². The summed E-state index contributed by atoms with van der Waals surface area (Å²) in [5.41, 5.74) is 2.64. The zero-order valence-corrected chi connectivity index (χ0v) is 11.3. The van der Waals surface area contributed by atoms with Crippen molar-refractivity contribution in [3.05, 3.63) is 35.4 Å². The summed E-state index contributed by atoms with van der Waals surface area (Å²) in [6.07, 6.45) is 3.29. The van der Waals surface area contributed by atoms with Crippen LogP contribution in [0.15, 0.2) is 24.3 Å². The third-order valence-corrected chi connectivity index (χ3v) is 3.45. The van der Waals surface area contributed by atoms with Crippen molar-refractivity contribution in [2.45, 2.75) is 25.3 Å². The lowest BCUT2D eigenvalue weighted by Gasteiger charge is -2.26. The van der Waals surface area contributed by atoms with E-state index in [1.807, 2.05) is 6.07 Å². The summed E-state index contributed by atoms with van der Waals surface area (Å²) in [6, 6.07) is 8.45. The SMILES string of the molecule is O=C(NCCBr)NC1CCCc2ccccc21. The molecular formula is C13H17BrN2O. The van der Waals surface area contributed by atoms with Gasteiger partial charge in [-0.1, -0.05) is 40.2 Å². The Labute approximate surface area is 110 Å². The average molecular weight is 297 g/mol. The molecule has 4 heteroatoms. The van der Waals surface area contributed by atoms with E-state index in [-0.39, 0.29) is 12.1 Å². The lowest BCUT2D eigenvalue weighted by atomic mass is 9.88. The Bertz CT molecular complexity index is 395. The topological polar surface area (TPSA) is 41.1 Å². The van der Waals surface area contributed by atoms with Crippen LogP contribution in [0.1, 0.15) is 30.0 Å². The molecule has 0 radical (unpaired) electrons. The van der Waals surface area contributed by atoms with Gasteiger partial charge < -0.3 is 10.6 Å². The number of benzene rings is 1. The van der Waals surface area contributed by atoms with E-state index in [9.17, 15) is 4.79 Å². The summed E-state index contributed by atoms with van der Waals surface area (Å²) in [5, 5.41) is 6.63. The van der Waals surface area contributed by atoms with E-state index in [0.717, 1.165) is 24.6 Å². The highest BCUT2D eigenvalue weighted by Crippen LogP contribution is 2.29. The van der Waals surface area contributed by atoms with Gasteiger partial charge in [-0.3, -0.25) is 0 Å². The first kappa shape index (κ1) is 12.4. The summed E-state index contributed by atoms with van der Waals surface area (Å²) in [7, 11) is 0. The van der Waals surface area contributed by atoms with Crippen LogP contribution in [0.3, 0.4) is 0 Å². The Hall–Kier alpha value is -1.03. The normalized spacial score (nSPS) is 18.3. The smallest absolute Gasteiger partial charge is 0.315 e. The van der Waals surface area contributed by atoms with E-state index in [0.29, 0.717) is 6.54 Å². The molecule has 1 atom stereocenters. The molecule has 0 aliphatic heterocycles. The summed E-state index contributed by atoms with van der Waals surface area (Å²) in [5.74, 6) is 0. The summed E-state index contributed by atoms with van der Waals surface area (Å²) in [6.45, 7) is 0.653. The van der Waals surface area contributed by atoms with E-state index in [1.54, 1.807) is 0 Å². The molecule has 92 valence electrons. The first-order chi connectivity index (χ1) is 8.31. The van der Waals surface area contributed by atoms with Crippen molar-refractivity contribution in [2.24, 2.45) is 0 Å². The summed E-state index contributed by atoms with van der Waals surface area (Å²) < 4.78 is 0. The second kappa shape index (κ2) is 6.05. The van der Waals surface area contributed by atoms with Crippen molar-refractivity contribution >= 4 is 22.0 Å². The first-order valence-electron chi connectivity index (χ1n) is 5.99. The number of hydrogen-bond donors (Lipinski definition) is 2. The molecule has 17 heavy (non-hydrogen) atoms. The molecule has 0 bridgehead atoms. The molecule has 0 spiro atoms. The van der Waals surface area contributed by atoms with E-state index >= 15 is 0 Å². The number of amides is 2. The van der Waals surface area contributed by atoms with Gasteiger partial charge in [-0.2, -0.15) is 0 Å². The number of urea groups is 1. The maximum Gasteiger partial charge on any atom is 0.315 e. The fourth-order valence-electron chi connectivity index (χ4n) is 2.27. The number of rotatable bonds is 3. The number of halogens is 1. The molecule has 3 nitrogen and oxygen atoms in total. The number of carbonyl (C=O) groups excluding carboxylic acids is 1. The Morgan fingerprint density at radius 3 is 3.06 bits per heavy atom. The number of aryl methyl sites for hydroxylation is 1. The second-order valence-electron chi connectivity index (χ2n) is 4.23. The van der Waals surface area contributed by atoms with Crippen LogP contribution in [0.5, 0.6) is 0 Å². The van der Waals surface area contributed by atoms with Gasteiger partial charge in [0.1, 0.15) is 0 Å². The molecule has 0 saturated heterocycles. The molecule has 2 N–H and O–H groups in total. The zero-order valence-electron chi connectivity index (χ0n) is 9.71. The van der Waals surface area contributed by atoms with Gasteiger partial charge in [0.2, 0.25) is 0 Å². The minimum Gasteiger partial charge on any atom is -0.337 e. The molecule has 1 aliphatic rings. The van der Waals surface area contributed by atoms with Gasteiger partial charge in [0.25, 0.3) is 0 Å². The van der Waals surface area contributed by atoms with Crippen LogP contribution >= 0.6 is 15.9 Å². The predicted octanol–water partition coefficient (Wildman–Crippen LogP) is 2.76. The highest BCUT2D eigenvalue weighted by Gasteiger charge is 2.20. The number of hydrogen-bond acceptors (Lipinski definition) is 1. The van der Waals surface area contributed by atoms with E-state index in [4.69, 9.17) is 0 Å². The Kier molecular flexibility index (Phi) is 4.42. The molecular weight excluding hydrogens is 280 g/mol. The van der Waals surface area contributed by atoms with Crippen LogP contribution in [0.2, 0.25) is 0 Å². The number of nitrogens with one attached hydrogen (secondary N) is 2. The Morgan fingerprint density at radius 1 is 1.41 bits per heavy atom. The molecule has 2 rings (SSSR count). The van der Waals surface area contributed by atoms with Crippen molar-refractivity contribution in [3.8, 4) is 0 Å². The van der Waals surface area contributed by atoms with Crippen molar-refractivity contribution in [2.75, 3.05) is 11.9 Å². The predicted molar refractivity (Wildman–Crippen MR) is 72.4 cm³/mol. The van der Waals surface area contributed by atoms with E-state index in [2.05, 4.69) is 44.8 Å². The van der Waals surface area contributed by atoms with Gasteiger partial charge in [-0.25, -0.2) is 4.79 Å². The summed E-state index contributed by atoms with van der Waals surface area (Å²) in [4.78, 5) is 11.6. The molecule has 0 aromatic heterocycles. The fraction of sp³-hybridized carbons (Fsp3) is 0.462. The van der Waals surface area contributed by atoms with Crippen molar-refractivity contribution in [1.82, 2.24) is 10.6 Å². The van der Waals surface area contributed by atoms with Gasteiger partial charge in [0.15, 0.2) is 0 Å². The lowest BCUT2D eigenvalue weighted by molar-refractivity contribution is 0.236. The van der Waals surface area contributed by atoms with Gasteiger partial charge in [-0.05, 0) is 30.4 Å². The van der Waals surface area contributed by atoms with Gasteiger partial charge >= 0.3 is 6.03 Å². The molecule has 1 unspecified atom stereocenters. The Morgan fingerprint density at radius 2 is 2.24 bits per heavy atom. The van der Waals surface area contributed by atoms with Gasteiger partial charge in [-0.15, -0.1) is 0 Å². The Balaban J connectivity index is 2.01. The number of fused-ring (bicyclic) bond motifs is 1. The van der Waals surface area contributed by atoms with Crippen LogP contribution in [-0.4, -0.2) is 17.9 Å². The zero-order chi connectivity index (χ0) is 12.1. The summed E-state index contributed by atoms with van der Waals surface area (Å²) >= 11 is 3.29. The molecule has 1 aromatic carbocycles. The van der Waals surface area contributed by atoms with Crippen LogP contribution in [0, 0.1) is 0 Å². The monoisotopic (exact) mass is 296 g/mol. The van der Waals surface area contributed by atoms with Crippen LogP contribution in [0.25, 0.3) is 0 Å². The van der Waals surface area contributed by atoms with Crippen molar-refractivity contribution in [3.63, 3.8) is 0 Å². The third kappa shape index (κ3) is 3.22. The maximum atomic E-state index is 11.6. The van der Waals surface area contributed by atoms with Crippen molar-refractivity contribution < 1.29 is 4.79 Å². The lowest BCUT2D eigenvalue weighted by Crippen LogP contribution is -2.39. The largest absolute Gasteiger partial charge is 0.337 e. The molecule has 1 aromatic rings. The average Bonchev–Trinajstić information content (AvgIpc) is 2.37. The minimum absolute atomic E-state index is 0.0776. The third-order valence-electron chi connectivity index (χ3n) is 3.05. The van der Waals surface area contributed by atoms with E-state index in [1.165, 1.54) is 11.1 Å². The van der Waals surface area contributed by atoms with E-state index < -0.39 is 0 Å². The molecule has 0 fully saturated rings. The first-order valence-corrected chi connectivity index (χ1v) is 7.11. The molecule has 0 heterocycles. The minimum atomic E-state index is -0.0776. The quantitative estimate of drug-likeness (QED) is 0.828.